The lowest BCUT2D eigenvalue weighted by molar-refractivity contribution is -0.137. The summed E-state index contributed by atoms with van der Waals surface area (Å²) in [6, 6.07) is 4.88. The Hall–Kier alpha value is -1.47. The molecule has 1 aromatic carbocycles. The first-order valence-electron chi connectivity index (χ1n) is 5.24. The van der Waals surface area contributed by atoms with Gasteiger partial charge in [-0.05, 0) is 31.5 Å². The summed E-state index contributed by atoms with van der Waals surface area (Å²) in [6.45, 7) is 3.68. The van der Waals surface area contributed by atoms with Crippen molar-refractivity contribution in [2.24, 2.45) is 0 Å². The number of hydrogen-bond acceptors (Lipinski definition) is 1. The third-order valence-corrected chi connectivity index (χ3v) is 2.49. The third kappa shape index (κ3) is 3.79. The van der Waals surface area contributed by atoms with E-state index in [1.807, 2.05) is 13.8 Å². The van der Waals surface area contributed by atoms with Gasteiger partial charge in [-0.15, -0.1) is 6.42 Å². The highest BCUT2D eigenvalue weighted by Crippen LogP contribution is 2.29. The molecule has 0 aliphatic heterocycles. The van der Waals surface area contributed by atoms with Gasteiger partial charge in [-0.3, -0.25) is 5.32 Å². The lowest BCUT2D eigenvalue weighted by Crippen LogP contribution is -2.27. The molecule has 17 heavy (non-hydrogen) atoms. The maximum absolute atomic E-state index is 12.3. The molecule has 1 nitrogen and oxygen atoms in total. The Morgan fingerprint density at radius 1 is 1.18 bits per heavy atom. The van der Waals surface area contributed by atoms with Crippen LogP contribution in [0.5, 0.6) is 0 Å². The van der Waals surface area contributed by atoms with Crippen molar-refractivity contribution in [1.29, 1.82) is 0 Å². The number of benzene rings is 1. The van der Waals surface area contributed by atoms with E-state index in [4.69, 9.17) is 6.42 Å². The second kappa shape index (κ2) is 5.24. The molecule has 1 aromatic rings. The van der Waals surface area contributed by atoms with Crippen LogP contribution in [0, 0.1) is 12.3 Å². The van der Waals surface area contributed by atoms with Gasteiger partial charge >= 0.3 is 6.18 Å². The molecule has 0 saturated heterocycles. The fraction of sp³-hybridized carbons (Fsp3) is 0.385. The summed E-state index contributed by atoms with van der Waals surface area (Å²) in [7, 11) is 0. The molecule has 92 valence electrons. The Balaban J connectivity index is 2.78. The molecule has 0 fully saturated rings. The highest BCUT2D eigenvalue weighted by atomic mass is 19.4. The number of nitrogens with one attached hydrogen (secondary N) is 1. The molecule has 0 radical (unpaired) electrons. The van der Waals surface area contributed by atoms with Crippen molar-refractivity contribution >= 4 is 0 Å². The van der Waals surface area contributed by atoms with Gasteiger partial charge in [0.05, 0.1) is 11.6 Å². The summed E-state index contributed by atoms with van der Waals surface area (Å²) < 4.78 is 37.0. The fourth-order valence-corrected chi connectivity index (χ4v) is 1.48. The Morgan fingerprint density at radius 2 is 1.71 bits per heavy atom. The minimum absolute atomic E-state index is 0.0802. The molecule has 0 saturated carbocycles. The molecular formula is C13H14F3N. The minimum atomic E-state index is -4.29. The molecule has 0 heterocycles. The van der Waals surface area contributed by atoms with Gasteiger partial charge in [-0.2, -0.15) is 13.2 Å². The van der Waals surface area contributed by atoms with Gasteiger partial charge in [-0.1, -0.05) is 18.1 Å². The van der Waals surface area contributed by atoms with Crippen LogP contribution in [-0.4, -0.2) is 6.04 Å². The zero-order valence-electron chi connectivity index (χ0n) is 9.68. The second-order valence-electron chi connectivity index (χ2n) is 3.90. The number of alkyl halides is 3. The van der Waals surface area contributed by atoms with E-state index in [1.165, 1.54) is 12.1 Å². The maximum Gasteiger partial charge on any atom is 0.416 e. The molecule has 4 heteroatoms. The Labute approximate surface area is 99.0 Å². The van der Waals surface area contributed by atoms with Crippen LogP contribution in [0.15, 0.2) is 24.3 Å². The molecule has 2 unspecified atom stereocenters. The van der Waals surface area contributed by atoms with Crippen LogP contribution < -0.4 is 5.32 Å². The van der Waals surface area contributed by atoms with Crippen LogP contribution in [0.25, 0.3) is 0 Å². The molecule has 0 spiro atoms. The van der Waals surface area contributed by atoms with Crippen molar-refractivity contribution in [3.63, 3.8) is 0 Å². The van der Waals surface area contributed by atoms with E-state index in [1.54, 1.807) is 0 Å². The number of hydrogen-bond donors (Lipinski definition) is 1. The summed E-state index contributed by atoms with van der Waals surface area (Å²) in [5.41, 5.74) is 0.138. The van der Waals surface area contributed by atoms with E-state index in [-0.39, 0.29) is 12.1 Å². The topological polar surface area (TPSA) is 12.0 Å². The highest BCUT2D eigenvalue weighted by Gasteiger charge is 2.30. The van der Waals surface area contributed by atoms with Crippen molar-refractivity contribution < 1.29 is 13.2 Å². The summed E-state index contributed by atoms with van der Waals surface area (Å²) >= 11 is 0. The van der Waals surface area contributed by atoms with Gasteiger partial charge in [0.1, 0.15) is 0 Å². The third-order valence-electron chi connectivity index (χ3n) is 2.49. The van der Waals surface area contributed by atoms with Crippen molar-refractivity contribution in [3.05, 3.63) is 35.4 Å². The first kappa shape index (κ1) is 13.6. The molecule has 0 aliphatic rings. The maximum atomic E-state index is 12.3. The molecule has 1 rings (SSSR count). The minimum Gasteiger partial charge on any atom is -0.297 e. The van der Waals surface area contributed by atoms with Crippen molar-refractivity contribution in [2.75, 3.05) is 0 Å². The summed E-state index contributed by atoms with van der Waals surface area (Å²) in [6.07, 6.45) is 0.928. The fourth-order valence-electron chi connectivity index (χ4n) is 1.48. The molecule has 0 bridgehead atoms. The smallest absolute Gasteiger partial charge is 0.297 e. The highest BCUT2D eigenvalue weighted by molar-refractivity contribution is 5.26. The Morgan fingerprint density at radius 3 is 2.12 bits per heavy atom. The van der Waals surface area contributed by atoms with Gasteiger partial charge in [0.2, 0.25) is 0 Å². The van der Waals surface area contributed by atoms with Crippen LogP contribution in [0.1, 0.15) is 31.0 Å². The van der Waals surface area contributed by atoms with Gasteiger partial charge in [0, 0.05) is 6.04 Å². The average molecular weight is 241 g/mol. The zero-order valence-corrected chi connectivity index (χ0v) is 9.68. The van der Waals surface area contributed by atoms with Gasteiger partial charge in [-0.25, -0.2) is 0 Å². The quantitative estimate of drug-likeness (QED) is 0.800. The van der Waals surface area contributed by atoms with Crippen LogP contribution >= 0.6 is 0 Å². The van der Waals surface area contributed by atoms with E-state index in [0.717, 1.165) is 17.7 Å². The summed E-state index contributed by atoms with van der Waals surface area (Å²) in [5.74, 6) is 2.51. The van der Waals surface area contributed by atoms with Crippen molar-refractivity contribution in [3.8, 4) is 12.3 Å². The summed E-state index contributed by atoms with van der Waals surface area (Å²) in [5, 5.41) is 3.09. The van der Waals surface area contributed by atoms with E-state index >= 15 is 0 Å². The van der Waals surface area contributed by atoms with Crippen molar-refractivity contribution in [1.82, 2.24) is 5.32 Å². The Bertz CT molecular complexity index is 400. The lowest BCUT2D eigenvalue weighted by atomic mass is 10.1. The van der Waals surface area contributed by atoms with Gasteiger partial charge in [0.15, 0.2) is 0 Å². The number of halogens is 3. The SMILES string of the molecule is C#CC(C)NC(C)c1ccc(C(F)(F)F)cc1. The van der Waals surface area contributed by atoms with Crippen LogP contribution in [0.4, 0.5) is 13.2 Å². The van der Waals surface area contributed by atoms with E-state index in [0.29, 0.717) is 0 Å². The monoisotopic (exact) mass is 241 g/mol. The summed E-state index contributed by atoms with van der Waals surface area (Å²) in [4.78, 5) is 0. The lowest BCUT2D eigenvalue weighted by Gasteiger charge is -2.17. The first-order valence-corrected chi connectivity index (χ1v) is 5.24. The second-order valence-corrected chi connectivity index (χ2v) is 3.90. The van der Waals surface area contributed by atoms with Crippen LogP contribution in [0.2, 0.25) is 0 Å². The van der Waals surface area contributed by atoms with E-state index < -0.39 is 11.7 Å². The van der Waals surface area contributed by atoms with Gasteiger partial charge < -0.3 is 0 Å². The standard InChI is InChI=1S/C13H14F3N/c1-4-9(2)17-10(3)11-5-7-12(8-6-11)13(14,15)16/h1,5-10,17H,2-3H3. The predicted octanol–water partition coefficient (Wildman–Crippen LogP) is 3.38. The van der Waals surface area contributed by atoms with Gasteiger partial charge in [0.25, 0.3) is 0 Å². The largest absolute Gasteiger partial charge is 0.416 e. The first-order chi connectivity index (χ1) is 7.84. The van der Waals surface area contributed by atoms with Crippen LogP contribution in [0.3, 0.4) is 0 Å². The zero-order chi connectivity index (χ0) is 13.1. The predicted molar refractivity (Wildman–Crippen MR) is 61.3 cm³/mol. The molecule has 1 N–H and O–H groups in total. The van der Waals surface area contributed by atoms with Crippen molar-refractivity contribution in [2.45, 2.75) is 32.1 Å². The number of terminal acetylenes is 1. The Kier molecular flexibility index (Phi) is 4.19. The normalized spacial score (nSPS) is 15.1. The molecular weight excluding hydrogens is 227 g/mol. The number of rotatable bonds is 3. The average Bonchev–Trinajstić information content (AvgIpc) is 2.27. The molecule has 0 aromatic heterocycles. The molecule has 0 aliphatic carbocycles. The van der Waals surface area contributed by atoms with Crippen LogP contribution in [-0.2, 0) is 6.18 Å². The molecule has 0 amide bonds. The molecule has 2 atom stereocenters. The van der Waals surface area contributed by atoms with E-state index in [9.17, 15) is 13.2 Å². The van der Waals surface area contributed by atoms with E-state index in [2.05, 4.69) is 11.2 Å².